The molecule has 0 spiro atoms. The van der Waals surface area contributed by atoms with E-state index in [4.69, 9.17) is 0 Å². The van der Waals surface area contributed by atoms with Crippen LogP contribution in [-0.2, 0) is 10.1 Å². The fraction of sp³-hybridized carbons (Fsp3) is 0.273. The molecule has 6 heteroatoms. The monoisotopic (exact) mass is 255 g/mol. The third-order valence-electron chi connectivity index (χ3n) is 2.34. The first-order valence-electron chi connectivity index (χ1n) is 4.85. The van der Waals surface area contributed by atoms with Gasteiger partial charge in [0.1, 0.15) is 22.7 Å². The number of hydrogen-bond donors (Lipinski definition) is 0. The van der Waals surface area contributed by atoms with Crippen molar-refractivity contribution in [2.24, 2.45) is 0 Å². The molecule has 0 aliphatic rings. The number of carbonyl (C=O) groups is 2. The predicted molar refractivity (Wildman–Crippen MR) is 59.3 cm³/mol. The lowest BCUT2D eigenvalue weighted by molar-refractivity contribution is 0.112. The summed E-state index contributed by atoms with van der Waals surface area (Å²) in [5, 5.41) is 0. The van der Waals surface area contributed by atoms with Crippen molar-refractivity contribution in [2.75, 3.05) is 0 Å². The minimum Gasteiger partial charge on any atom is -0.744 e. The van der Waals surface area contributed by atoms with Crippen LogP contribution in [0.5, 0.6) is 0 Å². The molecule has 0 bridgehead atoms. The Hall–Kier alpha value is -1.53. The van der Waals surface area contributed by atoms with Gasteiger partial charge in [0.2, 0.25) is 0 Å². The standard InChI is InChI=1S/C11H12O5S/c1-7(2)11-8(5-12)3-10(17(14,15)16)4-9(11)6-13/h3-7H,1-2H3,(H,14,15,16)/p-1. The Morgan fingerprint density at radius 2 is 1.53 bits per heavy atom. The number of hydrogen-bond acceptors (Lipinski definition) is 5. The molecule has 1 aromatic rings. The molecule has 0 saturated heterocycles. The van der Waals surface area contributed by atoms with Crippen molar-refractivity contribution >= 4 is 22.7 Å². The van der Waals surface area contributed by atoms with Gasteiger partial charge in [-0.2, -0.15) is 0 Å². The number of carbonyl (C=O) groups excluding carboxylic acids is 2. The average molecular weight is 255 g/mol. The Balaban J connectivity index is 3.67. The maximum absolute atomic E-state index is 10.9. The number of rotatable bonds is 4. The van der Waals surface area contributed by atoms with E-state index in [1.165, 1.54) is 0 Å². The SMILES string of the molecule is CC(C)c1c(C=O)cc(S(=O)(=O)[O-])cc1C=O. The largest absolute Gasteiger partial charge is 0.744 e. The molecular formula is C11H11O5S-. The van der Waals surface area contributed by atoms with Crippen molar-refractivity contribution in [1.82, 2.24) is 0 Å². The molecule has 0 amide bonds. The van der Waals surface area contributed by atoms with Crippen LogP contribution in [0, 0.1) is 0 Å². The average Bonchev–Trinajstić information content (AvgIpc) is 2.25. The van der Waals surface area contributed by atoms with E-state index in [0.717, 1.165) is 12.1 Å². The molecule has 0 unspecified atom stereocenters. The van der Waals surface area contributed by atoms with Gasteiger partial charge in [0.15, 0.2) is 0 Å². The topological polar surface area (TPSA) is 91.3 Å². The maximum Gasteiger partial charge on any atom is 0.150 e. The normalized spacial score (nSPS) is 11.5. The number of benzene rings is 1. The lowest BCUT2D eigenvalue weighted by Gasteiger charge is -2.15. The van der Waals surface area contributed by atoms with Gasteiger partial charge in [0.25, 0.3) is 0 Å². The molecule has 17 heavy (non-hydrogen) atoms. The Kier molecular flexibility index (Phi) is 3.79. The van der Waals surface area contributed by atoms with Crippen LogP contribution in [0.4, 0.5) is 0 Å². The summed E-state index contributed by atoms with van der Waals surface area (Å²) in [4.78, 5) is 21.2. The van der Waals surface area contributed by atoms with E-state index in [9.17, 15) is 22.6 Å². The fourth-order valence-electron chi connectivity index (χ4n) is 1.68. The van der Waals surface area contributed by atoms with Crippen molar-refractivity contribution in [3.63, 3.8) is 0 Å². The molecule has 0 fully saturated rings. The third kappa shape index (κ3) is 2.78. The van der Waals surface area contributed by atoms with E-state index in [1.807, 2.05) is 0 Å². The molecule has 1 rings (SSSR count). The lowest BCUT2D eigenvalue weighted by Crippen LogP contribution is -2.06. The first-order valence-corrected chi connectivity index (χ1v) is 6.26. The summed E-state index contributed by atoms with van der Waals surface area (Å²) in [6, 6.07) is 2.00. The molecule has 0 radical (unpaired) electrons. The summed E-state index contributed by atoms with van der Waals surface area (Å²) in [7, 11) is -4.68. The van der Waals surface area contributed by atoms with E-state index in [1.54, 1.807) is 13.8 Å². The van der Waals surface area contributed by atoms with Crippen molar-refractivity contribution < 1.29 is 22.6 Å². The van der Waals surface area contributed by atoms with Gasteiger partial charge < -0.3 is 4.55 Å². The molecule has 0 heterocycles. The lowest BCUT2D eigenvalue weighted by atomic mass is 9.93. The third-order valence-corrected chi connectivity index (χ3v) is 3.15. The van der Waals surface area contributed by atoms with E-state index in [-0.39, 0.29) is 17.0 Å². The van der Waals surface area contributed by atoms with Crippen LogP contribution in [-0.4, -0.2) is 25.5 Å². The van der Waals surface area contributed by atoms with E-state index in [2.05, 4.69) is 0 Å². The molecule has 0 aliphatic heterocycles. The highest BCUT2D eigenvalue weighted by atomic mass is 32.2. The first-order chi connectivity index (χ1) is 7.81. The Bertz CT molecular complexity index is 528. The Morgan fingerprint density at radius 1 is 1.12 bits per heavy atom. The van der Waals surface area contributed by atoms with Crippen LogP contribution < -0.4 is 0 Å². The van der Waals surface area contributed by atoms with Gasteiger partial charge in [-0.15, -0.1) is 0 Å². The van der Waals surface area contributed by atoms with Gasteiger partial charge in [0.05, 0.1) is 4.90 Å². The first kappa shape index (κ1) is 13.5. The Labute approximate surface area is 99.2 Å². The zero-order chi connectivity index (χ0) is 13.2. The second-order valence-corrected chi connectivity index (χ2v) is 5.24. The van der Waals surface area contributed by atoms with Gasteiger partial charge in [-0.25, -0.2) is 8.42 Å². The minimum atomic E-state index is -4.68. The van der Waals surface area contributed by atoms with Crippen molar-refractivity contribution in [2.45, 2.75) is 24.7 Å². The van der Waals surface area contributed by atoms with Gasteiger partial charge in [-0.05, 0) is 23.6 Å². The summed E-state index contributed by atoms with van der Waals surface area (Å²) < 4.78 is 32.6. The molecule has 0 aliphatic carbocycles. The fourth-order valence-corrected chi connectivity index (χ4v) is 2.22. The molecular weight excluding hydrogens is 244 g/mol. The van der Waals surface area contributed by atoms with Crippen LogP contribution in [0.25, 0.3) is 0 Å². The van der Waals surface area contributed by atoms with E-state index in [0.29, 0.717) is 18.1 Å². The van der Waals surface area contributed by atoms with Crippen LogP contribution >= 0.6 is 0 Å². The molecule has 0 atom stereocenters. The summed E-state index contributed by atoms with van der Waals surface area (Å²) in [5.74, 6) is -0.126. The summed E-state index contributed by atoms with van der Waals surface area (Å²) >= 11 is 0. The molecule has 0 saturated carbocycles. The number of aldehydes is 2. The zero-order valence-corrected chi connectivity index (χ0v) is 10.2. The Morgan fingerprint density at radius 3 is 1.76 bits per heavy atom. The van der Waals surface area contributed by atoms with E-state index >= 15 is 0 Å². The molecule has 1 aromatic carbocycles. The highest BCUT2D eigenvalue weighted by Gasteiger charge is 2.15. The van der Waals surface area contributed by atoms with Crippen molar-refractivity contribution in [3.8, 4) is 0 Å². The van der Waals surface area contributed by atoms with Gasteiger partial charge in [-0.3, -0.25) is 9.59 Å². The predicted octanol–water partition coefficient (Wildman–Crippen LogP) is 1.34. The van der Waals surface area contributed by atoms with Crippen LogP contribution in [0.15, 0.2) is 17.0 Å². The smallest absolute Gasteiger partial charge is 0.150 e. The van der Waals surface area contributed by atoms with Gasteiger partial charge in [-0.1, -0.05) is 13.8 Å². The highest BCUT2D eigenvalue weighted by molar-refractivity contribution is 7.85. The second kappa shape index (κ2) is 4.77. The van der Waals surface area contributed by atoms with Crippen LogP contribution in [0.2, 0.25) is 0 Å². The molecule has 0 N–H and O–H groups in total. The van der Waals surface area contributed by atoms with Crippen LogP contribution in [0.1, 0.15) is 46.0 Å². The van der Waals surface area contributed by atoms with Gasteiger partial charge >= 0.3 is 0 Å². The summed E-state index contributed by atoms with van der Waals surface area (Å²) in [6.07, 6.45) is 0.883. The van der Waals surface area contributed by atoms with Crippen molar-refractivity contribution in [1.29, 1.82) is 0 Å². The second-order valence-electron chi connectivity index (χ2n) is 3.86. The molecule has 0 aromatic heterocycles. The maximum atomic E-state index is 10.9. The minimum absolute atomic E-state index is 0.0547. The quantitative estimate of drug-likeness (QED) is 0.598. The zero-order valence-electron chi connectivity index (χ0n) is 9.34. The van der Waals surface area contributed by atoms with Gasteiger partial charge in [0, 0.05) is 11.1 Å². The summed E-state index contributed by atoms with van der Waals surface area (Å²) in [5.41, 5.74) is 0.556. The summed E-state index contributed by atoms with van der Waals surface area (Å²) in [6.45, 7) is 3.53. The molecule has 5 nitrogen and oxygen atoms in total. The highest BCUT2D eigenvalue weighted by Crippen LogP contribution is 2.25. The van der Waals surface area contributed by atoms with E-state index < -0.39 is 15.0 Å². The van der Waals surface area contributed by atoms with Crippen LogP contribution in [0.3, 0.4) is 0 Å². The van der Waals surface area contributed by atoms with Crippen molar-refractivity contribution in [3.05, 3.63) is 28.8 Å². The molecule has 92 valence electrons.